The van der Waals surface area contributed by atoms with E-state index in [0.29, 0.717) is 0 Å². The van der Waals surface area contributed by atoms with Crippen LogP contribution in [0.1, 0.15) is 56.9 Å². The highest BCUT2D eigenvalue weighted by atomic mass is 16.1. The first-order valence-electron chi connectivity index (χ1n) is 13.2. The molecule has 8 nitrogen and oxygen atoms in total. The Morgan fingerprint density at radius 2 is 1.56 bits per heavy atom. The molecule has 3 fully saturated rings. The van der Waals surface area contributed by atoms with Crippen LogP contribution < -0.4 is 15.5 Å². The van der Waals surface area contributed by atoms with Crippen LogP contribution in [0.15, 0.2) is 12.1 Å². The van der Waals surface area contributed by atoms with Crippen LogP contribution in [0.2, 0.25) is 0 Å². The SMILES string of the molecule is CNc1nc(N2CCCCCC2)ccc1C.N=CC(=O)NC1CCN(CCN2CCCC2)CC1. The van der Waals surface area contributed by atoms with Gasteiger partial charge in [0.1, 0.15) is 11.6 Å². The van der Waals surface area contributed by atoms with Crippen molar-refractivity contribution in [3.8, 4) is 0 Å². The van der Waals surface area contributed by atoms with Gasteiger partial charge in [-0.3, -0.25) is 4.79 Å². The van der Waals surface area contributed by atoms with Crippen molar-refractivity contribution in [2.24, 2.45) is 0 Å². The van der Waals surface area contributed by atoms with Crippen LogP contribution in [0.5, 0.6) is 0 Å². The number of rotatable bonds is 7. The number of nitrogens with one attached hydrogen (secondary N) is 3. The minimum Gasteiger partial charge on any atom is -0.373 e. The van der Waals surface area contributed by atoms with Crippen molar-refractivity contribution in [1.29, 1.82) is 5.41 Å². The van der Waals surface area contributed by atoms with Gasteiger partial charge in [0.15, 0.2) is 0 Å². The molecule has 34 heavy (non-hydrogen) atoms. The molecule has 3 N–H and O–H groups in total. The second kappa shape index (κ2) is 14.3. The predicted octanol–water partition coefficient (Wildman–Crippen LogP) is 3.12. The molecule has 0 saturated carbocycles. The number of aryl methyl sites for hydroxylation is 1. The Hall–Kier alpha value is -2.19. The third-order valence-corrected chi connectivity index (χ3v) is 7.25. The lowest BCUT2D eigenvalue weighted by atomic mass is 10.1. The number of amides is 1. The molecule has 0 radical (unpaired) electrons. The highest BCUT2D eigenvalue weighted by molar-refractivity contribution is 6.24. The third kappa shape index (κ3) is 8.55. The molecule has 3 aliphatic heterocycles. The number of hydrogen-bond donors (Lipinski definition) is 3. The van der Waals surface area contributed by atoms with Gasteiger partial charge >= 0.3 is 0 Å². The van der Waals surface area contributed by atoms with E-state index in [1.807, 2.05) is 7.05 Å². The summed E-state index contributed by atoms with van der Waals surface area (Å²) in [5.41, 5.74) is 1.21. The van der Waals surface area contributed by atoms with E-state index >= 15 is 0 Å². The van der Waals surface area contributed by atoms with Crippen molar-refractivity contribution < 1.29 is 4.79 Å². The van der Waals surface area contributed by atoms with Gasteiger partial charge in [0, 0.05) is 52.4 Å². The van der Waals surface area contributed by atoms with E-state index in [1.54, 1.807) is 0 Å². The van der Waals surface area contributed by atoms with Gasteiger partial charge < -0.3 is 30.7 Å². The third-order valence-electron chi connectivity index (χ3n) is 7.25. The van der Waals surface area contributed by atoms with E-state index in [0.717, 1.165) is 63.4 Å². The summed E-state index contributed by atoms with van der Waals surface area (Å²) < 4.78 is 0. The lowest BCUT2D eigenvalue weighted by Gasteiger charge is -2.33. The fourth-order valence-corrected chi connectivity index (χ4v) is 5.08. The molecule has 1 amide bonds. The van der Waals surface area contributed by atoms with Crippen molar-refractivity contribution in [2.75, 3.05) is 69.6 Å². The van der Waals surface area contributed by atoms with E-state index in [4.69, 9.17) is 5.41 Å². The molecule has 0 aromatic carbocycles. The van der Waals surface area contributed by atoms with Crippen LogP contribution in [-0.2, 0) is 4.79 Å². The number of pyridine rings is 1. The molecule has 0 aliphatic carbocycles. The second-order valence-electron chi connectivity index (χ2n) is 9.80. The largest absolute Gasteiger partial charge is 0.373 e. The summed E-state index contributed by atoms with van der Waals surface area (Å²) in [5.74, 6) is 1.86. The van der Waals surface area contributed by atoms with E-state index < -0.39 is 0 Å². The number of carbonyl (C=O) groups excluding carboxylic acids is 1. The van der Waals surface area contributed by atoms with E-state index in [9.17, 15) is 4.79 Å². The summed E-state index contributed by atoms with van der Waals surface area (Å²) >= 11 is 0. The molecule has 0 atom stereocenters. The maximum atomic E-state index is 11.1. The van der Waals surface area contributed by atoms with Crippen molar-refractivity contribution in [3.63, 3.8) is 0 Å². The maximum absolute atomic E-state index is 11.1. The Bertz CT molecular complexity index is 750. The maximum Gasteiger partial charge on any atom is 0.261 e. The number of aromatic nitrogens is 1. The van der Waals surface area contributed by atoms with Gasteiger partial charge in [-0.1, -0.05) is 18.9 Å². The highest BCUT2D eigenvalue weighted by Crippen LogP contribution is 2.21. The number of anilines is 2. The van der Waals surface area contributed by atoms with Gasteiger partial charge in [0.2, 0.25) is 0 Å². The fourth-order valence-electron chi connectivity index (χ4n) is 5.08. The first-order chi connectivity index (χ1) is 16.6. The Morgan fingerprint density at radius 3 is 2.15 bits per heavy atom. The molecule has 4 rings (SSSR count). The first kappa shape index (κ1) is 26.4. The Labute approximate surface area is 206 Å². The molecular formula is C26H45N7O. The lowest BCUT2D eigenvalue weighted by Crippen LogP contribution is -2.46. The quantitative estimate of drug-likeness (QED) is 0.530. The molecule has 0 unspecified atom stereocenters. The Kier molecular flexibility index (Phi) is 11.1. The zero-order valence-corrected chi connectivity index (χ0v) is 21.3. The topological polar surface area (TPSA) is 87.6 Å². The molecule has 1 aromatic heterocycles. The number of piperidine rings is 1. The van der Waals surface area contributed by atoms with Crippen LogP contribution >= 0.6 is 0 Å². The second-order valence-corrected chi connectivity index (χ2v) is 9.80. The van der Waals surface area contributed by atoms with Crippen molar-refractivity contribution in [3.05, 3.63) is 17.7 Å². The van der Waals surface area contributed by atoms with Crippen molar-refractivity contribution >= 4 is 23.8 Å². The smallest absolute Gasteiger partial charge is 0.261 e. The summed E-state index contributed by atoms with van der Waals surface area (Å²) in [5, 5.41) is 12.9. The summed E-state index contributed by atoms with van der Waals surface area (Å²) in [7, 11) is 1.93. The monoisotopic (exact) mass is 471 g/mol. The van der Waals surface area contributed by atoms with Crippen LogP contribution in [0.4, 0.5) is 11.6 Å². The average molecular weight is 472 g/mol. The number of carbonyl (C=O) groups is 1. The summed E-state index contributed by atoms with van der Waals surface area (Å²) in [6, 6.07) is 4.56. The van der Waals surface area contributed by atoms with Crippen molar-refractivity contribution in [2.45, 2.75) is 64.3 Å². The lowest BCUT2D eigenvalue weighted by molar-refractivity contribution is -0.115. The van der Waals surface area contributed by atoms with Crippen LogP contribution in [0, 0.1) is 12.3 Å². The highest BCUT2D eigenvalue weighted by Gasteiger charge is 2.21. The van der Waals surface area contributed by atoms with Gasteiger partial charge in [-0.05, 0) is 70.2 Å². The molecule has 190 valence electrons. The predicted molar refractivity (Wildman–Crippen MR) is 141 cm³/mol. The van der Waals surface area contributed by atoms with Gasteiger partial charge in [0.05, 0.1) is 6.21 Å². The van der Waals surface area contributed by atoms with E-state index in [1.165, 1.54) is 63.7 Å². The summed E-state index contributed by atoms with van der Waals surface area (Å²) in [6.45, 7) is 11.4. The number of hydrogen-bond acceptors (Lipinski definition) is 7. The van der Waals surface area contributed by atoms with Crippen molar-refractivity contribution in [1.82, 2.24) is 20.1 Å². The number of nitrogens with zero attached hydrogens (tertiary/aromatic N) is 4. The molecule has 3 saturated heterocycles. The zero-order chi connectivity index (χ0) is 24.2. The molecule has 8 heteroatoms. The summed E-state index contributed by atoms with van der Waals surface area (Å²) in [6.07, 6.45) is 10.9. The normalized spacial score (nSPS) is 20.2. The van der Waals surface area contributed by atoms with E-state index in [2.05, 4.69) is 49.4 Å². The van der Waals surface area contributed by atoms with Gasteiger partial charge in [-0.15, -0.1) is 0 Å². The first-order valence-corrected chi connectivity index (χ1v) is 13.2. The van der Waals surface area contributed by atoms with E-state index in [-0.39, 0.29) is 11.9 Å². The van der Waals surface area contributed by atoms with Crippen LogP contribution in [0.3, 0.4) is 0 Å². The minimum atomic E-state index is -0.259. The van der Waals surface area contributed by atoms with Crippen LogP contribution in [-0.4, -0.2) is 92.4 Å². The molecule has 3 aliphatic rings. The number of likely N-dealkylation sites (tertiary alicyclic amines) is 2. The molecule has 0 bridgehead atoms. The molecular weight excluding hydrogens is 426 g/mol. The van der Waals surface area contributed by atoms with Crippen LogP contribution in [0.25, 0.3) is 0 Å². The Balaban J connectivity index is 0.000000192. The fraction of sp³-hybridized carbons (Fsp3) is 0.731. The average Bonchev–Trinajstić information content (AvgIpc) is 3.24. The molecule has 0 spiro atoms. The van der Waals surface area contributed by atoms with Gasteiger partial charge in [-0.25, -0.2) is 4.98 Å². The summed E-state index contributed by atoms with van der Waals surface area (Å²) in [4.78, 5) is 23.2. The minimum absolute atomic E-state index is 0.259. The molecule has 1 aromatic rings. The Morgan fingerprint density at radius 1 is 0.971 bits per heavy atom. The van der Waals surface area contributed by atoms with Gasteiger partial charge in [0.25, 0.3) is 5.91 Å². The molecule has 4 heterocycles. The standard InChI is InChI=1S/C13H24N4O.C13H21N3/c14-11-13(18)15-12-3-7-17(8-4-12)10-9-16-5-1-2-6-16;1-11-7-8-12(15-13(11)14-2)16-9-5-3-4-6-10-16/h11-12,14H,1-10H2,(H,15,18);7-8H,3-6,9-10H2,1-2H3,(H,14,15). The van der Waals surface area contributed by atoms with Gasteiger partial charge in [-0.2, -0.15) is 0 Å². The zero-order valence-electron chi connectivity index (χ0n) is 21.3.